The first-order valence-electron chi connectivity index (χ1n) is 8.50. The number of nitrogens with one attached hydrogen (secondary N) is 1. The highest BCUT2D eigenvalue weighted by Crippen LogP contribution is 2.10. The number of aryl methyl sites for hydroxylation is 1. The molecule has 0 radical (unpaired) electrons. The van der Waals surface area contributed by atoms with E-state index in [4.69, 9.17) is 4.74 Å². The molecule has 0 aliphatic carbocycles. The van der Waals surface area contributed by atoms with E-state index >= 15 is 0 Å². The lowest BCUT2D eigenvalue weighted by Gasteiger charge is -2.13. The number of nitrogens with zero attached hydrogens (tertiary/aromatic N) is 1. The summed E-state index contributed by atoms with van der Waals surface area (Å²) in [6.07, 6.45) is 2.15. The zero-order valence-electron chi connectivity index (χ0n) is 15.0. The van der Waals surface area contributed by atoms with Gasteiger partial charge in [0, 0.05) is 24.9 Å². The normalized spacial score (nSPS) is 14.7. The van der Waals surface area contributed by atoms with Crippen molar-refractivity contribution in [2.45, 2.75) is 26.2 Å². The molecule has 1 aliphatic rings. The van der Waals surface area contributed by atoms with Crippen molar-refractivity contribution in [3.8, 4) is 0 Å². The largest absolute Gasteiger partial charge is 0.456 e. The molecule has 0 unspecified atom stereocenters. The maximum atomic E-state index is 11.9. The third-order valence-corrected chi connectivity index (χ3v) is 4.98. The van der Waals surface area contributed by atoms with Crippen LogP contribution in [0.4, 0.5) is 0 Å². The zero-order valence-corrected chi connectivity index (χ0v) is 15.8. The number of likely N-dealkylation sites (tertiary alicyclic amines) is 1. The molecule has 146 valence electrons. The number of esters is 1. The summed E-state index contributed by atoms with van der Waals surface area (Å²) in [5, 5.41) is 1.02. The molecular formula is C18H22N2O6S. The van der Waals surface area contributed by atoms with Gasteiger partial charge in [0.1, 0.15) is 0 Å². The lowest BCUT2D eigenvalue weighted by atomic mass is 10.2. The summed E-state index contributed by atoms with van der Waals surface area (Å²) in [4.78, 5) is 35.8. The van der Waals surface area contributed by atoms with Crippen molar-refractivity contribution in [3.05, 3.63) is 40.8 Å². The van der Waals surface area contributed by atoms with E-state index in [0.717, 1.165) is 21.4 Å². The molecule has 2 rings (SSSR count). The van der Waals surface area contributed by atoms with Crippen LogP contribution < -0.4 is 4.72 Å². The minimum Gasteiger partial charge on any atom is -0.456 e. The van der Waals surface area contributed by atoms with E-state index in [0.29, 0.717) is 19.4 Å². The molecule has 1 aliphatic heterocycles. The number of carbonyl (C=O) groups is 3. The van der Waals surface area contributed by atoms with Crippen LogP contribution in [0.25, 0.3) is 6.08 Å². The van der Waals surface area contributed by atoms with E-state index in [2.05, 4.69) is 4.72 Å². The van der Waals surface area contributed by atoms with Gasteiger partial charge in [0.15, 0.2) is 6.61 Å². The molecule has 27 heavy (non-hydrogen) atoms. The topological polar surface area (TPSA) is 110 Å². The van der Waals surface area contributed by atoms with Crippen LogP contribution in [0.2, 0.25) is 0 Å². The molecule has 9 heteroatoms. The SMILES string of the molecule is Cc1ccc(/C=C/S(=O)(=O)NCCC(=O)OCC(=O)N2CCCC2=O)cc1. The number of hydrogen-bond acceptors (Lipinski definition) is 6. The van der Waals surface area contributed by atoms with Crippen molar-refractivity contribution in [2.24, 2.45) is 0 Å². The molecule has 1 heterocycles. The van der Waals surface area contributed by atoms with Crippen molar-refractivity contribution in [2.75, 3.05) is 19.7 Å². The van der Waals surface area contributed by atoms with Crippen LogP contribution in [0.5, 0.6) is 0 Å². The second-order valence-electron chi connectivity index (χ2n) is 6.11. The number of sulfonamides is 1. The van der Waals surface area contributed by atoms with Crippen LogP contribution in [-0.4, -0.2) is 50.8 Å². The molecule has 0 bridgehead atoms. The first kappa shape index (κ1) is 20.8. The van der Waals surface area contributed by atoms with Gasteiger partial charge in [-0.05, 0) is 25.0 Å². The fourth-order valence-corrected chi connectivity index (χ4v) is 3.21. The average Bonchev–Trinajstić information content (AvgIpc) is 3.05. The van der Waals surface area contributed by atoms with E-state index in [1.807, 2.05) is 19.1 Å². The molecule has 0 atom stereocenters. The van der Waals surface area contributed by atoms with Gasteiger partial charge < -0.3 is 4.74 Å². The van der Waals surface area contributed by atoms with Gasteiger partial charge in [0.2, 0.25) is 15.9 Å². The highest BCUT2D eigenvalue weighted by Gasteiger charge is 2.26. The Morgan fingerprint density at radius 3 is 2.59 bits per heavy atom. The van der Waals surface area contributed by atoms with Crippen molar-refractivity contribution in [1.82, 2.24) is 9.62 Å². The van der Waals surface area contributed by atoms with Gasteiger partial charge in [-0.15, -0.1) is 0 Å². The molecule has 1 saturated heterocycles. The lowest BCUT2D eigenvalue weighted by molar-refractivity contribution is -0.154. The summed E-state index contributed by atoms with van der Waals surface area (Å²) in [6, 6.07) is 7.32. The number of benzene rings is 1. The summed E-state index contributed by atoms with van der Waals surface area (Å²) in [6.45, 7) is 1.59. The van der Waals surface area contributed by atoms with E-state index in [-0.39, 0.29) is 18.9 Å². The van der Waals surface area contributed by atoms with Crippen LogP contribution in [-0.2, 0) is 29.1 Å². The molecule has 1 aromatic rings. The number of imide groups is 1. The average molecular weight is 394 g/mol. The number of amides is 2. The molecule has 0 spiro atoms. The minimum absolute atomic E-state index is 0.157. The van der Waals surface area contributed by atoms with Crippen LogP contribution >= 0.6 is 0 Å². The predicted octanol–water partition coefficient (Wildman–Crippen LogP) is 0.967. The third kappa shape index (κ3) is 6.95. The molecule has 1 fully saturated rings. The summed E-state index contributed by atoms with van der Waals surface area (Å²) >= 11 is 0. The van der Waals surface area contributed by atoms with Gasteiger partial charge >= 0.3 is 5.97 Å². The molecule has 2 amide bonds. The Morgan fingerprint density at radius 1 is 1.26 bits per heavy atom. The highest BCUT2D eigenvalue weighted by molar-refractivity contribution is 7.92. The van der Waals surface area contributed by atoms with Gasteiger partial charge in [0.05, 0.1) is 6.42 Å². The second-order valence-corrected chi connectivity index (χ2v) is 7.76. The van der Waals surface area contributed by atoms with E-state index in [1.165, 1.54) is 6.08 Å². The van der Waals surface area contributed by atoms with Gasteiger partial charge in [-0.3, -0.25) is 19.3 Å². The Labute approximate surface area is 158 Å². The second kappa shape index (κ2) is 9.43. The van der Waals surface area contributed by atoms with Crippen molar-refractivity contribution >= 4 is 33.9 Å². The standard InChI is InChI=1S/C18H22N2O6S/c1-14-4-6-15(7-5-14)9-12-27(24,25)19-10-8-18(23)26-13-17(22)20-11-2-3-16(20)21/h4-7,9,12,19H,2-3,8,10-11,13H2,1H3/b12-9+. The van der Waals surface area contributed by atoms with Crippen molar-refractivity contribution < 1.29 is 27.5 Å². The summed E-state index contributed by atoms with van der Waals surface area (Å²) in [5.41, 5.74) is 1.81. The molecule has 1 N–H and O–H groups in total. The molecule has 8 nitrogen and oxygen atoms in total. The number of carbonyl (C=O) groups excluding carboxylic acids is 3. The number of hydrogen-bond donors (Lipinski definition) is 1. The van der Waals surface area contributed by atoms with Crippen LogP contribution in [0.3, 0.4) is 0 Å². The Balaban J connectivity index is 1.71. The van der Waals surface area contributed by atoms with E-state index < -0.39 is 28.5 Å². The van der Waals surface area contributed by atoms with Crippen LogP contribution in [0.1, 0.15) is 30.4 Å². The lowest BCUT2D eigenvalue weighted by Crippen LogP contribution is -2.35. The number of ether oxygens (including phenoxy) is 1. The van der Waals surface area contributed by atoms with Crippen LogP contribution in [0, 0.1) is 6.92 Å². The zero-order chi connectivity index (χ0) is 19.9. The monoisotopic (exact) mass is 394 g/mol. The first-order valence-corrected chi connectivity index (χ1v) is 10.0. The Hall–Kier alpha value is -2.52. The predicted molar refractivity (Wildman–Crippen MR) is 98.7 cm³/mol. The summed E-state index contributed by atoms with van der Waals surface area (Å²) < 4.78 is 30.8. The van der Waals surface area contributed by atoms with Gasteiger partial charge in [-0.1, -0.05) is 29.8 Å². The quantitative estimate of drug-likeness (QED) is 0.658. The van der Waals surface area contributed by atoms with Crippen molar-refractivity contribution in [1.29, 1.82) is 0 Å². The Kier molecular flexibility index (Phi) is 7.26. The van der Waals surface area contributed by atoms with E-state index in [9.17, 15) is 22.8 Å². The van der Waals surface area contributed by atoms with E-state index in [1.54, 1.807) is 12.1 Å². The summed E-state index contributed by atoms with van der Waals surface area (Å²) in [5.74, 6) is -1.56. The number of rotatable bonds is 8. The first-order chi connectivity index (χ1) is 12.8. The fourth-order valence-electron chi connectivity index (χ4n) is 2.39. The maximum Gasteiger partial charge on any atom is 0.307 e. The van der Waals surface area contributed by atoms with Gasteiger partial charge in [-0.2, -0.15) is 0 Å². The molecule has 0 aromatic heterocycles. The Morgan fingerprint density at radius 2 is 1.96 bits per heavy atom. The molecular weight excluding hydrogens is 372 g/mol. The fraction of sp³-hybridized carbons (Fsp3) is 0.389. The highest BCUT2D eigenvalue weighted by atomic mass is 32.2. The smallest absolute Gasteiger partial charge is 0.307 e. The van der Waals surface area contributed by atoms with Crippen LogP contribution in [0.15, 0.2) is 29.7 Å². The van der Waals surface area contributed by atoms with Crippen molar-refractivity contribution in [3.63, 3.8) is 0 Å². The third-order valence-electron chi connectivity index (χ3n) is 3.88. The summed E-state index contributed by atoms with van der Waals surface area (Å²) in [7, 11) is -3.70. The van der Waals surface area contributed by atoms with Gasteiger partial charge in [-0.25, -0.2) is 13.1 Å². The maximum absolute atomic E-state index is 11.9. The molecule has 0 saturated carbocycles. The minimum atomic E-state index is -3.70. The Bertz CT molecular complexity index is 830. The molecule has 1 aromatic carbocycles. The van der Waals surface area contributed by atoms with Gasteiger partial charge in [0.25, 0.3) is 5.91 Å².